The highest BCUT2D eigenvalue weighted by Gasteiger charge is 2.28. The normalized spacial score (nSPS) is 11.9. The van der Waals surface area contributed by atoms with Crippen molar-refractivity contribution >= 4 is 41.3 Å². The second kappa shape index (κ2) is 13.9. The number of hydrogen-bond donors (Lipinski definition) is 7. The Bertz CT molecular complexity index is 1200. The molecule has 3 amide bonds. The summed E-state index contributed by atoms with van der Waals surface area (Å²) < 4.78 is 13.1. The van der Waals surface area contributed by atoms with Crippen LogP contribution in [0.15, 0.2) is 53.5 Å². The molecule has 0 bridgehead atoms. The number of nitrogens with two attached hydrogens (primary N) is 2. The molecule has 9 N–H and O–H groups in total. The van der Waals surface area contributed by atoms with Gasteiger partial charge in [-0.05, 0) is 42.0 Å². The Kier molecular flexibility index (Phi) is 10.7. The van der Waals surface area contributed by atoms with Crippen molar-refractivity contribution in [3.05, 3.63) is 65.5 Å². The van der Waals surface area contributed by atoms with Crippen molar-refractivity contribution in [3.63, 3.8) is 0 Å². The molecule has 0 saturated heterocycles. The fraction of sp³-hybridized carbons (Fsp3) is 0.250. The molecular weight excluding hydrogens is 503 g/mol. The van der Waals surface area contributed by atoms with Crippen LogP contribution < -0.4 is 27.4 Å². The molecule has 0 aliphatic carbocycles. The number of carbonyl (C=O) groups excluding carboxylic acids is 3. The topological polar surface area (TPSA) is 226 Å². The van der Waals surface area contributed by atoms with Gasteiger partial charge in [-0.3, -0.25) is 19.2 Å². The van der Waals surface area contributed by atoms with E-state index in [9.17, 15) is 33.5 Å². The minimum absolute atomic E-state index is 0.135. The van der Waals surface area contributed by atoms with Gasteiger partial charge in [-0.25, -0.2) is 14.2 Å². The third kappa shape index (κ3) is 9.93. The standard InChI is InChI=1S/C24H27FN6O7/c25-15-5-1-13(2-6-15)11-18(23(37)38)31-22(36)17(12-20(33)34)30-19(32)9-10-28-21(35)14-3-7-16(8-4-14)29-24(26)27/h1-8,17-18H,9-12H2,(H,28,35)(H,30,32)(H,31,36)(H,33,34)(H,37,38)(H4,26,27,29)/t17-,18+/m0/s1. The summed E-state index contributed by atoms with van der Waals surface area (Å²) in [4.78, 5) is 63.8. The molecule has 13 nitrogen and oxygen atoms in total. The molecule has 0 aliphatic heterocycles. The van der Waals surface area contributed by atoms with E-state index in [0.717, 1.165) is 12.1 Å². The zero-order valence-corrected chi connectivity index (χ0v) is 20.0. The Morgan fingerprint density at radius 2 is 1.53 bits per heavy atom. The van der Waals surface area contributed by atoms with Crippen molar-refractivity contribution in [2.45, 2.75) is 31.3 Å². The van der Waals surface area contributed by atoms with Gasteiger partial charge in [-0.15, -0.1) is 0 Å². The van der Waals surface area contributed by atoms with E-state index in [1.807, 2.05) is 0 Å². The largest absolute Gasteiger partial charge is 0.481 e. The number of rotatable bonds is 13. The quantitative estimate of drug-likeness (QED) is 0.132. The van der Waals surface area contributed by atoms with Gasteiger partial charge >= 0.3 is 11.9 Å². The van der Waals surface area contributed by atoms with Crippen LogP contribution in [0, 0.1) is 5.82 Å². The van der Waals surface area contributed by atoms with E-state index in [-0.39, 0.29) is 30.9 Å². The van der Waals surface area contributed by atoms with Crippen molar-refractivity contribution in [1.29, 1.82) is 0 Å². The molecule has 38 heavy (non-hydrogen) atoms. The molecule has 14 heteroatoms. The molecule has 2 aromatic carbocycles. The number of nitrogens with one attached hydrogen (secondary N) is 3. The Morgan fingerprint density at radius 1 is 0.895 bits per heavy atom. The molecule has 2 atom stereocenters. The zero-order chi connectivity index (χ0) is 28.2. The van der Waals surface area contributed by atoms with Gasteiger partial charge in [0.05, 0.1) is 12.1 Å². The van der Waals surface area contributed by atoms with Crippen LogP contribution in [0.25, 0.3) is 0 Å². The number of benzene rings is 2. The van der Waals surface area contributed by atoms with Gasteiger partial charge in [0.25, 0.3) is 5.91 Å². The minimum atomic E-state index is -1.58. The molecule has 0 aliphatic rings. The maximum absolute atomic E-state index is 13.1. The van der Waals surface area contributed by atoms with Gasteiger partial charge in [-0.2, -0.15) is 0 Å². The van der Waals surface area contributed by atoms with Gasteiger partial charge in [0.2, 0.25) is 11.8 Å². The summed E-state index contributed by atoms with van der Waals surface area (Å²) in [6.07, 6.45) is -1.30. The lowest BCUT2D eigenvalue weighted by atomic mass is 10.0. The van der Waals surface area contributed by atoms with Crippen molar-refractivity contribution in [2.24, 2.45) is 16.5 Å². The fourth-order valence-electron chi connectivity index (χ4n) is 3.21. The summed E-state index contributed by atoms with van der Waals surface area (Å²) in [5.41, 5.74) is 11.7. The predicted octanol–water partition coefficient (Wildman–Crippen LogP) is -0.378. The predicted molar refractivity (Wildman–Crippen MR) is 133 cm³/mol. The number of halogens is 1. The third-order valence-electron chi connectivity index (χ3n) is 5.02. The molecule has 0 aromatic heterocycles. The number of guanidine groups is 1. The zero-order valence-electron chi connectivity index (χ0n) is 20.0. The third-order valence-corrected chi connectivity index (χ3v) is 5.02. The van der Waals surface area contributed by atoms with Crippen molar-refractivity contribution in [1.82, 2.24) is 16.0 Å². The van der Waals surface area contributed by atoms with Crippen LogP contribution in [0.5, 0.6) is 0 Å². The summed E-state index contributed by atoms with van der Waals surface area (Å²) in [5.74, 6) is -5.76. The van der Waals surface area contributed by atoms with E-state index in [4.69, 9.17) is 16.6 Å². The second-order valence-corrected chi connectivity index (χ2v) is 8.04. The number of aliphatic imine (C=N–C) groups is 1. The maximum Gasteiger partial charge on any atom is 0.326 e. The van der Waals surface area contributed by atoms with Crippen LogP contribution in [0.2, 0.25) is 0 Å². The highest BCUT2D eigenvalue weighted by atomic mass is 19.1. The SMILES string of the molecule is NC(N)=Nc1ccc(C(=O)NCCC(=O)N[C@@H](CC(=O)O)C(=O)N[C@H](Cc2ccc(F)cc2)C(=O)O)cc1. The number of carboxylic acid groups (broad SMARTS) is 2. The van der Waals surface area contributed by atoms with E-state index in [0.29, 0.717) is 11.3 Å². The fourth-order valence-corrected chi connectivity index (χ4v) is 3.21. The van der Waals surface area contributed by atoms with Crippen molar-refractivity contribution in [3.8, 4) is 0 Å². The maximum atomic E-state index is 13.1. The summed E-state index contributed by atoms with van der Waals surface area (Å²) in [7, 11) is 0. The van der Waals surface area contributed by atoms with Crippen LogP contribution in [-0.4, -0.2) is 64.5 Å². The molecular formula is C24H27FN6O7. The number of amides is 3. The van der Waals surface area contributed by atoms with Gasteiger partial charge in [0, 0.05) is 24.9 Å². The Morgan fingerprint density at radius 3 is 2.08 bits per heavy atom. The molecule has 2 rings (SSSR count). The number of nitrogens with zero attached hydrogens (tertiary/aromatic N) is 1. The molecule has 0 unspecified atom stereocenters. The lowest BCUT2D eigenvalue weighted by molar-refractivity contribution is -0.143. The van der Waals surface area contributed by atoms with Crippen LogP contribution in [-0.2, 0) is 25.6 Å². The molecule has 0 radical (unpaired) electrons. The molecule has 0 saturated carbocycles. The van der Waals surface area contributed by atoms with Crippen LogP contribution in [0.3, 0.4) is 0 Å². The lowest BCUT2D eigenvalue weighted by Gasteiger charge is -2.20. The van der Waals surface area contributed by atoms with E-state index in [2.05, 4.69) is 20.9 Å². The highest BCUT2D eigenvalue weighted by molar-refractivity contribution is 5.95. The second-order valence-electron chi connectivity index (χ2n) is 8.04. The summed E-state index contributed by atoms with van der Waals surface area (Å²) in [6.45, 7) is -0.135. The molecule has 0 heterocycles. The number of carboxylic acids is 2. The van der Waals surface area contributed by atoms with Crippen molar-refractivity contribution in [2.75, 3.05) is 6.54 Å². The number of hydrogen-bond acceptors (Lipinski definition) is 6. The van der Waals surface area contributed by atoms with Crippen LogP contribution >= 0.6 is 0 Å². The van der Waals surface area contributed by atoms with Gasteiger partial charge in [0.15, 0.2) is 5.96 Å². The Hall–Kier alpha value is -5.01. The lowest BCUT2D eigenvalue weighted by Crippen LogP contribution is -2.53. The van der Waals surface area contributed by atoms with E-state index in [1.165, 1.54) is 36.4 Å². The van der Waals surface area contributed by atoms with E-state index in [1.54, 1.807) is 0 Å². The van der Waals surface area contributed by atoms with Gasteiger partial charge in [0.1, 0.15) is 17.9 Å². The monoisotopic (exact) mass is 530 g/mol. The highest BCUT2D eigenvalue weighted by Crippen LogP contribution is 2.12. The van der Waals surface area contributed by atoms with Gasteiger partial charge < -0.3 is 37.6 Å². The first-order valence-corrected chi connectivity index (χ1v) is 11.2. The average molecular weight is 531 g/mol. The Labute approximate surface area is 216 Å². The van der Waals surface area contributed by atoms with Gasteiger partial charge in [-0.1, -0.05) is 12.1 Å². The van der Waals surface area contributed by atoms with Crippen LogP contribution in [0.1, 0.15) is 28.8 Å². The Balaban J connectivity index is 1.93. The molecule has 2 aromatic rings. The van der Waals surface area contributed by atoms with Crippen molar-refractivity contribution < 1.29 is 38.6 Å². The molecule has 0 fully saturated rings. The average Bonchev–Trinajstić information content (AvgIpc) is 2.84. The van der Waals surface area contributed by atoms with Crippen LogP contribution in [0.4, 0.5) is 10.1 Å². The summed E-state index contributed by atoms with van der Waals surface area (Å²) >= 11 is 0. The van der Waals surface area contributed by atoms with E-state index >= 15 is 0 Å². The summed E-state index contributed by atoms with van der Waals surface area (Å²) in [6, 6.07) is 7.88. The summed E-state index contributed by atoms with van der Waals surface area (Å²) in [5, 5.41) is 25.5. The first kappa shape index (κ1) is 29.2. The molecule has 202 valence electrons. The first-order chi connectivity index (χ1) is 17.9. The molecule has 0 spiro atoms. The number of carbonyl (C=O) groups is 5. The van der Waals surface area contributed by atoms with E-state index < -0.39 is 54.0 Å². The minimum Gasteiger partial charge on any atom is -0.481 e. The smallest absolute Gasteiger partial charge is 0.326 e. The number of aliphatic carboxylic acids is 2. The first-order valence-electron chi connectivity index (χ1n) is 11.2.